The van der Waals surface area contributed by atoms with Gasteiger partial charge in [0.25, 0.3) is 0 Å². The third kappa shape index (κ3) is 3.90. The number of anilines is 1. The van der Waals surface area contributed by atoms with E-state index in [1.807, 2.05) is 31.2 Å². The third-order valence-electron chi connectivity index (χ3n) is 3.00. The number of aliphatic hydroxyl groups excluding tert-OH is 1. The van der Waals surface area contributed by atoms with Gasteiger partial charge in [-0.2, -0.15) is 0 Å². The Hall–Kier alpha value is -1.28. The van der Waals surface area contributed by atoms with E-state index in [9.17, 15) is 5.11 Å². The second kappa shape index (κ2) is 7.13. The SMILES string of the molecule is C=CCCCN(C)c1ccccc1C(O)CC. The monoisotopic (exact) mass is 233 g/mol. The van der Waals surface area contributed by atoms with Crippen molar-refractivity contribution >= 4 is 5.69 Å². The maximum absolute atomic E-state index is 9.99. The van der Waals surface area contributed by atoms with Gasteiger partial charge in [-0.15, -0.1) is 6.58 Å². The van der Waals surface area contributed by atoms with Gasteiger partial charge >= 0.3 is 0 Å². The second-order valence-electron chi connectivity index (χ2n) is 4.34. The predicted molar refractivity (Wildman–Crippen MR) is 74.4 cm³/mol. The van der Waals surface area contributed by atoms with Crippen LogP contribution in [0.2, 0.25) is 0 Å². The van der Waals surface area contributed by atoms with Crippen LogP contribution < -0.4 is 4.90 Å². The molecule has 1 unspecified atom stereocenters. The summed E-state index contributed by atoms with van der Waals surface area (Å²) in [7, 11) is 2.07. The molecule has 0 amide bonds. The molecular formula is C15H23NO. The van der Waals surface area contributed by atoms with Crippen LogP contribution in [0.4, 0.5) is 5.69 Å². The fourth-order valence-electron chi connectivity index (χ4n) is 1.93. The molecule has 1 aromatic rings. The van der Waals surface area contributed by atoms with E-state index in [1.165, 1.54) is 0 Å². The Labute approximate surface area is 105 Å². The lowest BCUT2D eigenvalue weighted by Gasteiger charge is -2.24. The molecule has 0 aliphatic carbocycles. The molecule has 0 heterocycles. The van der Waals surface area contributed by atoms with Crippen LogP contribution >= 0.6 is 0 Å². The summed E-state index contributed by atoms with van der Waals surface area (Å²) in [4.78, 5) is 2.21. The van der Waals surface area contributed by atoms with Crippen molar-refractivity contribution < 1.29 is 5.11 Å². The lowest BCUT2D eigenvalue weighted by atomic mass is 10.0. The molecule has 0 fully saturated rings. The Morgan fingerprint density at radius 1 is 1.41 bits per heavy atom. The molecule has 0 spiro atoms. The maximum Gasteiger partial charge on any atom is 0.0807 e. The van der Waals surface area contributed by atoms with Crippen molar-refractivity contribution in [2.75, 3.05) is 18.5 Å². The standard InChI is InChI=1S/C15H23NO/c1-4-6-9-12-16(3)14-11-8-7-10-13(14)15(17)5-2/h4,7-8,10-11,15,17H,1,5-6,9,12H2,2-3H3. The van der Waals surface area contributed by atoms with E-state index < -0.39 is 0 Å². The molecule has 2 nitrogen and oxygen atoms in total. The Morgan fingerprint density at radius 3 is 2.76 bits per heavy atom. The number of benzene rings is 1. The molecule has 0 aliphatic heterocycles. The highest BCUT2D eigenvalue weighted by atomic mass is 16.3. The summed E-state index contributed by atoms with van der Waals surface area (Å²) >= 11 is 0. The molecular weight excluding hydrogens is 210 g/mol. The van der Waals surface area contributed by atoms with Crippen LogP contribution in [0.5, 0.6) is 0 Å². The highest BCUT2D eigenvalue weighted by Gasteiger charge is 2.12. The fourth-order valence-corrected chi connectivity index (χ4v) is 1.93. The van der Waals surface area contributed by atoms with E-state index >= 15 is 0 Å². The van der Waals surface area contributed by atoms with Gasteiger partial charge in [0.15, 0.2) is 0 Å². The minimum Gasteiger partial charge on any atom is -0.388 e. The van der Waals surface area contributed by atoms with E-state index in [4.69, 9.17) is 0 Å². The van der Waals surface area contributed by atoms with Crippen molar-refractivity contribution in [2.45, 2.75) is 32.3 Å². The van der Waals surface area contributed by atoms with Gasteiger partial charge < -0.3 is 10.0 Å². The molecule has 0 saturated heterocycles. The summed E-state index contributed by atoms with van der Waals surface area (Å²) in [6.07, 6.45) is 4.45. The van der Waals surface area contributed by atoms with Crippen LogP contribution in [0, 0.1) is 0 Å². The molecule has 0 radical (unpaired) electrons. The predicted octanol–water partition coefficient (Wildman–Crippen LogP) is 3.53. The van der Waals surface area contributed by atoms with Gasteiger partial charge in [0.2, 0.25) is 0 Å². The fraction of sp³-hybridized carbons (Fsp3) is 0.467. The van der Waals surface area contributed by atoms with Gasteiger partial charge in [-0.25, -0.2) is 0 Å². The summed E-state index contributed by atoms with van der Waals surface area (Å²) in [5.41, 5.74) is 2.15. The number of rotatable bonds is 7. The molecule has 0 saturated carbocycles. The molecule has 1 rings (SSSR count). The van der Waals surface area contributed by atoms with E-state index in [-0.39, 0.29) is 6.10 Å². The minimum atomic E-state index is -0.368. The molecule has 1 N–H and O–H groups in total. The molecule has 0 aliphatic rings. The van der Waals surface area contributed by atoms with Gasteiger partial charge in [-0.3, -0.25) is 0 Å². The van der Waals surface area contributed by atoms with Crippen LogP contribution in [0.1, 0.15) is 37.9 Å². The van der Waals surface area contributed by atoms with Crippen molar-refractivity contribution in [2.24, 2.45) is 0 Å². The van der Waals surface area contributed by atoms with Crippen molar-refractivity contribution in [3.8, 4) is 0 Å². The zero-order chi connectivity index (χ0) is 12.7. The zero-order valence-electron chi connectivity index (χ0n) is 10.9. The molecule has 2 heteroatoms. The molecule has 1 aromatic carbocycles. The topological polar surface area (TPSA) is 23.5 Å². The zero-order valence-corrected chi connectivity index (χ0v) is 10.9. The van der Waals surface area contributed by atoms with E-state index in [0.717, 1.165) is 37.1 Å². The first-order valence-corrected chi connectivity index (χ1v) is 6.29. The molecule has 94 valence electrons. The summed E-state index contributed by atoms with van der Waals surface area (Å²) in [5, 5.41) is 9.99. The van der Waals surface area contributed by atoms with Gasteiger partial charge in [0, 0.05) is 24.8 Å². The van der Waals surface area contributed by atoms with Crippen molar-refractivity contribution in [1.82, 2.24) is 0 Å². The summed E-state index contributed by atoms with van der Waals surface area (Å²) < 4.78 is 0. The van der Waals surface area contributed by atoms with Gasteiger partial charge in [0.1, 0.15) is 0 Å². The largest absolute Gasteiger partial charge is 0.388 e. The van der Waals surface area contributed by atoms with Crippen LogP contribution in [-0.2, 0) is 0 Å². The van der Waals surface area contributed by atoms with E-state index in [2.05, 4.69) is 24.6 Å². The first-order chi connectivity index (χ1) is 8.20. The van der Waals surface area contributed by atoms with Crippen LogP contribution in [0.3, 0.4) is 0 Å². The van der Waals surface area contributed by atoms with Crippen molar-refractivity contribution in [1.29, 1.82) is 0 Å². The average Bonchev–Trinajstić information content (AvgIpc) is 2.38. The number of para-hydroxylation sites is 1. The normalized spacial score (nSPS) is 12.2. The third-order valence-corrected chi connectivity index (χ3v) is 3.00. The van der Waals surface area contributed by atoms with E-state index in [1.54, 1.807) is 0 Å². The summed E-state index contributed by atoms with van der Waals surface area (Å²) in [6, 6.07) is 8.08. The Morgan fingerprint density at radius 2 is 2.12 bits per heavy atom. The molecule has 1 atom stereocenters. The number of aliphatic hydroxyl groups is 1. The van der Waals surface area contributed by atoms with Crippen LogP contribution in [-0.4, -0.2) is 18.7 Å². The Bertz CT molecular complexity index is 349. The van der Waals surface area contributed by atoms with Gasteiger partial charge in [-0.1, -0.05) is 31.2 Å². The quantitative estimate of drug-likeness (QED) is 0.575. The number of hydrogen-bond donors (Lipinski definition) is 1. The van der Waals surface area contributed by atoms with Crippen molar-refractivity contribution in [3.05, 3.63) is 42.5 Å². The van der Waals surface area contributed by atoms with Crippen molar-refractivity contribution in [3.63, 3.8) is 0 Å². The Kier molecular flexibility index (Phi) is 5.78. The number of nitrogens with zero attached hydrogens (tertiary/aromatic N) is 1. The highest BCUT2D eigenvalue weighted by molar-refractivity contribution is 5.54. The van der Waals surface area contributed by atoms with Gasteiger partial charge in [0.05, 0.1) is 6.10 Å². The summed E-state index contributed by atoms with van der Waals surface area (Å²) in [5.74, 6) is 0. The minimum absolute atomic E-state index is 0.368. The molecule has 0 bridgehead atoms. The highest BCUT2D eigenvalue weighted by Crippen LogP contribution is 2.27. The molecule has 0 aromatic heterocycles. The number of allylic oxidation sites excluding steroid dienone is 1. The van der Waals surface area contributed by atoms with E-state index in [0.29, 0.717) is 0 Å². The molecule has 17 heavy (non-hydrogen) atoms. The first kappa shape index (κ1) is 13.8. The maximum atomic E-state index is 9.99. The average molecular weight is 233 g/mol. The second-order valence-corrected chi connectivity index (χ2v) is 4.34. The van der Waals surface area contributed by atoms with Crippen LogP contribution in [0.15, 0.2) is 36.9 Å². The lowest BCUT2D eigenvalue weighted by molar-refractivity contribution is 0.174. The lowest BCUT2D eigenvalue weighted by Crippen LogP contribution is -2.20. The number of hydrogen-bond acceptors (Lipinski definition) is 2. The first-order valence-electron chi connectivity index (χ1n) is 6.29. The number of unbranched alkanes of at least 4 members (excludes halogenated alkanes) is 1. The Balaban J connectivity index is 2.77. The smallest absolute Gasteiger partial charge is 0.0807 e. The van der Waals surface area contributed by atoms with Gasteiger partial charge in [-0.05, 0) is 25.3 Å². The summed E-state index contributed by atoms with van der Waals surface area (Å²) in [6.45, 7) is 6.72. The van der Waals surface area contributed by atoms with Crippen LogP contribution in [0.25, 0.3) is 0 Å².